The Morgan fingerprint density at radius 1 is 1.53 bits per heavy atom. The molecule has 1 aromatic heterocycles. The van der Waals surface area contributed by atoms with Gasteiger partial charge in [0.05, 0.1) is 41.3 Å². The molecule has 2 heterocycles. The predicted octanol–water partition coefficient (Wildman–Crippen LogP) is -1.73. The first-order chi connectivity index (χ1) is 8.16. The van der Waals surface area contributed by atoms with Crippen LogP contribution in [0.4, 0.5) is 0 Å². The van der Waals surface area contributed by atoms with Crippen LogP contribution in [0.5, 0.6) is 0 Å². The van der Waals surface area contributed by atoms with Crippen LogP contribution in [0, 0.1) is 6.92 Å². The number of carboxylic acid groups (broad SMARTS) is 1. The van der Waals surface area contributed by atoms with Crippen LogP contribution in [-0.2, 0) is 11.2 Å². The Labute approximate surface area is 104 Å². The van der Waals surface area contributed by atoms with E-state index < -0.39 is 5.97 Å². The van der Waals surface area contributed by atoms with Gasteiger partial charge >= 0.3 is 0 Å². The molecule has 0 spiro atoms. The van der Waals surface area contributed by atoms with Gasteiger partial charge in [0.1, 0.15) is 13.1 Å². The molecule has 17 heavy (non-hydrogen) atoms. The van der Waals surface area contributed by atoms with E-state index >= 15 is 0 Å². The molecule has 0 aromatic carbocycles. The molecule has 0 bridgehead atoms. The topological polar surface area (TPSA) is 66.7 Å². The zero-order valence-corrected chi connectivity index (χ0v) is 10.6. The van der Waals surface area contributed by atoms with Crippen LogP contribution >= 0.6 is 11.3 Å². The highest BCUT2D eigenvalue weighted by molar-refractivity contribution is 7.13. The highest BCUT2D eigenvalue weighted by atomic mass is 32.1. The van der Waals surface area contributed by atoms with E-state index in [1.807, 2.05) is 0 Å². The lowest BCUT2D eigenvalue weighted by molar-refractivity contribution is -0.907. The first kappa shape index (κ1) is 12.5. The van der Waals surface area contributed by atoms with Gasteiger partial charge in [-0.3, -0.25) is 0 Å². The Hall–Kier alpha value is -0.980. The number of carbonyl (C=O) groups excluding carboxylic acids is 1. The quantitative estimate of drug-likeness (QED) is 0.695. The molecule has 1 saturated heterocycles. The van der Waals surface area contributed by atoms with Crippen LogP contribution in [0.3, 0.4) is 0 Å². The number of hydrogen-bond acceptors (Lipinski definition) is 5. The van der Waals surface area contributed by atoms with Crippen LogP contribution < -0.4 is 10.0 Å². The summed E-state index contributed by atoms with van der Waals surface area (Å²) in [6.07, 6.45) is 0.828. The number of ether oxygens (including phenoxy) is 1. The lowest BCUT2D eigenvalue weighted by Gasteiger charge is -2.23. The van der Waals surface area contributed by atoms with Crippen molar-refractivity contribution in [1.82, 2.24) is 4.98 Å². The van der Waals surface area contributed by atoms with Gasteiger partial charge in [-0.05, 0) is 6.92 Å². The number of thiazole rings is 1. The van der Waals surface area contributed by atoms with Crippen LogP contribution in [0.1, 0.15) is 20.4 Å². The van der Waals surface area contributed by atoms with Gasteiger partial charge in [-0.1, -0.05) is 0 Å². The molecule has 1 aliphatic heterocycles. The van der Waals surface area contributed by atoms with Crippen molar-refractivity contribution in [2.24, 2.45) is 0 Å². The fourth-order valence-corrected chi connectivity index (χ4v) is 2.84. The number of nitrogens with zero attached hydrogens (tertiary/aromatic N) is 1. The third-order valence-corrected chi connectivity index (χ3v) is 4.12. The van der Waals surface area contributed by atoms with Crippen molar-refractivity contribution < 1.29 is 19.5 Å². The second kappa shape index (κ2) is 5.57. The largest absolute Gasteiger partial charge is 0.544 e. The van der Waals surface area contributed by atoms with E-state index in [0.717, 1.165) is 44.3 Å². The average molecular weight is 256 g/mol. The molecule has 2 rings (SSSR count). The second-order valence-corrected chi connectivity index (χ2v) is 5.26. The molecule has 5 nitrogen and oxygen atoms in total. The highest BCUT2D eigenvalue weighted by Crippen LogP contribution is 2.17. The molecule has 1 aliphatic rings. The van der Waals surface area contributed by atoms with Crippen molar-refractivity contribution in [3.8, 4) is 0 Å². The van der Waals surface area contributed by atoms with Crippen molar-refractivity contribution in [3.63, 3.8) is 0 Å². The third kappa shape index (κ3) is 3.24. The summed E-state index contributed by atoms with van der Waals surface area (Å²) in [6.45, 7) is 6.39. The number of aromatic nitrogens is 1. The van der Waals surface area contributed by atoms with Crippen LogP contribution in [0.2, 0.25) is 0 Å². The molecule has 6 heteroatoms. The minimum absolute atomic E-state index is 0.261. The Kier molecular flexibility index (Phi) is 4.09. The molecule has 0 unspecified atom stereocenters. The number of hydrogen-bond donors (Lipinski definition) is 1. The summed E-state index contributed by atoms with van der Waals surface area (Å²) < 4.78 is 5.29. The molecule has 1 N–H and O–H groups in total. The summed E-state index contributed by atoms with van der Waals surface area (Å²) in [5, 5.41) is 11.7. The molecule has 1 aromatic rings. The zero-order chi connectivity index (χ0) is 12.3. The molecule has 0 radical (unpaired) electrons. The number of aromatic carboxylic acids is 1. The maximum Gasteiger partial charge on any atom is 0.101 e. The first-order valence-corrected chi connectivity index (χ1v) is 6.57. The molecule has 94 valence electrons. The van der Waals surface area contributed by atoms with Gasteiger partial charge in [0, 0.05) is 6.42 Å². The molecule has 0 aliphatic carbocycles. The summed E-state index contributed by atoms with van der Waals surface area (Å²) in [6, 6.07) is 0. The van der Waals surface area contributed by atoms with E-state index in [2.05, 4.69) is 4.98 Å². The van der Waals surface area contributed by atoms with Gasteiger partial charge in [-0.15, -0.1) is 11.3 Å². The lowest BCUT2D eigenvalue weighted by Crippen LogP contribution is -3.14. The van der Waals surface area contributed by atoms with Gasteiger partial charge in [0.25, 0.3) is 0 Å². The zero-order valence-electron chi connectivity index (χ0n) is 9.82. The monoisotopic (exact) mass is 256 g/mol. The Bertz CT molecular complexity index is 399. The maximum atomic E-state index is 10.8. The fraction of sp³-hybridized carbons (Fsp3) is 0.636. The number of aryl methyl sites for hydroxylation is 1. The van der Waals surface area contributed by atoms with E-state index in [4.69, 9.17) is 4.74 Å². The smallest absolute Gasteiger partial charge is 0.101 e. The van der Waals surface area contributed by atoms with Gasteiger partial charge in [0.15, 0.2) is 0 Å². The van der Waals surface area contributed by atoms with E-state index in [9.17, 15) is 9.90 Å². The van der Waals surface area contributed by atoms with E-state index in [1.165, 1.54) is 16.2 Å². The van der Waals surface area contributed by atoms with Crippen LogP contribution in [0.25, 0.3) is 0 Å². The van der Waals surface area contributed by atoms with Crippen molar-refractivity contribution in [2.45, 2.75) is 13.3 Å². The number of nitrogens with one attached hydrogen (secondary N) is 1. The van der Waals surface area contributed by atoms with Gasteiger partial charge in [0.2, 0.25) is 0 Å². The van der Waals surface area contributed by atoms with Crippen molar-refractivity contribution in [3.05, 3.63) is 15.6 Å². The van der Waals surface area contributed by atoms with Crippen molar-refractivity contribution in [2.75, 3.05) is 32.8 Å². The average Bonchev–Trinajstić information content (AvgIpc) is 2.69. The SMILES string of the molecule is Cc1nc(CC[NH+]2CCOCC2)sc1C(=O)[O-]. The van der Waals surface area contributed by atoms with E-state index in [0.29, 0.717) is 5.69 Å². The Morgan fingerprint density at radius 2 is 2.24 bits per heavy atom. The second-order valence-electron chi connectivity index (χ2n) is 4.17. The van der Waals surface area contributed by atoms with Crippen LogP contribution in [0.15, 0.2) is 0 Å². The molecular formula is C11H16N2O3S. The summed E-state index contributed by atoms with van der Waals surface area (Å²) >= 11 is 1.24. The number of quaternary nitrogens is 1. The Balaban J connectivity index is 1.90. The van der Waals surface area contributed by atoms with Crippen LogP contribution in [-0.4, -0.2) is 43.8 Å². The molecular weight excluding hydrogens is 240 g/mol. The maximum absolute atomic E-state index is 10.8. The normalized spacial score (nSPS) is 17.2. The standard InChI is InChI=1S/C11H16N2O3S/c1-8-10(11(14)15)17-9(12-8)2-3-13-4-6-16-7-5-13/h2-7H2,1H3,(H,14,15). The lowest BCUT2D eigenvalue weighted by atomic mass is 10.3. The number of rotatable bonds is 4. The van der Waals surface area contributed by atoms with Crippen molar-refractivity contribution in [1.29, 1.82) is 0 Å². The number of carbonyl (C=O) groups is 1. The van der Waals surface area contributed by atoms with Gasteiger partial charge < -0.3 is 19.5 Å². The number of carboxylic acids is 1. The third-order valence-electron chi connectivity index (χ3n) is 2.92. The predicted molar refractivity (Wildman–Crippen MR) is 61.3 cm³/mol. The van der Waals surface area contributed by atoms with E-state index in [-0.39, 0.29) is 4.88 Å². The summed E-state index contributed by atoms with van der Waals surface area (Å²) in [4.78, 5) is 16.8. The highest BCUT2D eigenvalue weighted by Gasteiger charge is 2.15. The fourth-order valence-electron chi connectivity index (χ4n) is 1.94. The summed E-state index contributed by atoms with van der Waals surface area (Å²) in [7, 11) is 0. The minimum Gasteiger partial charge on any atom is -0.544 e. The van der Waals surface area contributed by atoms with Gasteiger partial charge in [-0.25, -0.2) is 4.98 Å². The van der Waals surface area contributed by atoms with Gasteiger partial charge in [-0.2, -0.15) is 0 Å². The first-order valence-electron chi connectivity index (χ1n) is 5.76. The molecule has 0 amide bonds. The van der Waals surface area contributed by atoms with Crippen molar-refractivity contribution >= 4 is 17.3 Å². The Morgan fingerprint density at radius 3 is 2.82 bits per heavy atom. The number of morpholine rings is 1. The molecule has 0 atom stereocenters. The van der Waals surface area contributed by atoms with E-state index in [1.54, 1.807) is 6.92 Å². The molecule has 0 saturated carbocycles. The summed E-state index contributed by atoms with van der Waals surface area (Å²) in [5.74, 6) is -1.12. The molecule has 1 fully saturated rings. The summed E-state index contributed by atoms with van der Waals surface area (Å²) in [5.41, 5.74) is 0.571. The minimum atomic E-state index is -1.12.